The summed E-state index contributed by atoms with van der Waals surface area (Å²) in [5.41, 5.74) is 6.97. The van der Waals surface area contributed by atoms with E-state index in [1.165, 1.54) is 12.1 Å². The summed E-state index contributed by atoms with van der Waals surface area (Å²) in [6.45, 7) is 2.65. The summed E-state index contributed by atoms with van der Waals surface area (Å²) in [5.74, 6) is 1.14. The Balaban J connectivity index is 1.80. The van der Waals surface area contributed by atoms with Crippen LogP contribution in [0.25, 0.3) is 11.5 Å². The van der Waals surface area contributed by atoms with Gasteiger partial charge >= 0.3 is 6.01 Å². The molecule has 0 saturated carbocycles. The molecule has 0 bridgehead atoms. The Morgan fingerprint density at radius 3 is 2.50 bits per heavy atom. The van der Waals surface area contributed by atoms with Gasteiger partial charge in [-0.1, -0.05) is 17.2 Å². The number of nitrogens with two attached hydrogens (primary N) is 1. The number of ether oxygens (including phenoxy) is 2. The second kappa shape index (κ2) is 6.99. The van der Waals surface area contributed by atoms with Gasteiger partial charge in [-0.2, -0.15) is 0 Å². The van der Waals surface area contributed by atoms with Crippen molar-refractivity contribution < 1.29 is 18.3 Å². The highest BCUT2D eigenvalue weighted by Gasteiger charge is 2.12. The highest BCUT2D eigenvalue weighted by Crippen LogP contribution is 2.33. The molecular formula is C17H16FN3O3. The predicted octanol–water partition coefficient (Wildman–Crippen LogP) is 3.44. The number of halogens is 1. The van der Waals surface area contributed by atoms with Crippen molar-refractivity contribution >= 4 is 6.01 Å². The minimum Gasteiger partial charge on any atom is -0.490 e. The molecular weight excluding hydrogens is 313 g/mol. The zero-order valence-corrected chi connectivity index (χ0v) is 13.0. The van der Waals surface area contributed by atoms with Crippen LogP contribution < -0.4 is 15.2 Å². The average Bonchev–Trinajstić information content (AvgIpc) is 3.02. The summed E-state index contributed by atoms with van der Waals surface area (Å²) in [6, 6.07) is 11.4. The van der Waals surface area contributed by atoms with Gasteiger partial charge in [-0.15, -0.1) is 5.10 Å². The van der Waals surface area contributed by atoms with Crippen molar-refractivity contribution in [3.05, 3.63) is 53.8 Å². The molecule has 2 aromatic carbocycles. The van der Waals surface area contributed by atoms with E-state index in [-0.39, 0.29) is 11.8 Å². The standard InChI is InChI=1S/C17H16FN3O3/c1-2-22-15-9-12(16-20-21-17(19)24-16)5-8-14(15)23-10-11-3-6-13(18)7-4-11/h3-9H,2,10H2,1H3,(H2,19,21). The van der Waals surface area contributed by atoms with Crippen molar-refractivity contribution in [1.82, 2.24) is 10.2 Å². The van der Waals surface area contributed by atoms with Gasteiger partial charge in [0, 0.05) is 5.56 Å². The molecule has 3 rings (SSSR count). The van der Waals surface area contributed by atoms with Crippen molar-refractivity contribution in [3.8, 4) is 23.0 Å². The molecule has 3 aromatic rings. The number of hydrogen-bond acceptors (Lipinski definition) is 6. The smallest absolute Gasteiger partial charge is 0.313 e. The Hall–Kier alpha value is -3.09. The van der Waals surface area contributed by atoms with Crippen LogP contribution in [0, 0.1) is 5.82 Å². The van der Waals surface area contributed by atoms with Crippen LogP contribution in [0.15, 0.2) is 46.9 Å². The van der Waals surface area contributed by atoms with Gasteiger partial charge in [-0.05, 0) is 42.8 Å². The van der Waals surface area contributed by atoms with Crippen LogP contribution >= 0.6 is 0 Å². The number of rotatable bonds is 6. The van der Waals surface area contributed by atoms with Gasteiger partial charge in [-0.3, -0.25) is 0 Å². The Kier molecular flexibility index (Phi) is 4.60. The first-order valence-electron chi connectivity index (χ1n) is 7.39. The van der Waals surface area contributed by atoms with E-state index >= 15 is 0 Å². The second-order valence-electron chi connectivity index (χ2n) is 4.96. The number of nitrogen functional groups attached to an aromatic ring is 1. The molecule has 0 atom stereocenters. The van der Waals surface area contributed by atoms with E-state index in [9.17, 15) is 4.39 Å². The van der Waals surface area contributed by atoms with E-state index in [1.807, 2.05) is 6.92 Å². The fourth-order valence-electron chi connectivity index (χ4n) is 2.12. The third-order valence-corrected chi connectivity index (χ3v) is 3.24. The van der Waals surface area contributed by atoms with E-state index < -0.39 is 0 Å². The third-order valence-electron chi connectivity index (χ3n) is 3.24. The highest BCUT2D eigenvalue weighted by molar-refractivity contribution is 5.60. The van der Waals surface area contributed by atoms with Crippen LogP contribution in [0.1, 0.15) is 12.5 Å². The minimum absolute atomic E-state index is 0.000374. The van der Waals surface area contributed by atoms with Gasteiger partial charge in [0.15, 0.2) is 11.5 Å². The summed E-state index contributed by atoms with van der Waals surface area (Å²) >= 11 is 0. The van der Waals surface area contributed by atoms with E-state index in [0.717, 1.165) is 5.56 Å². The maximum absolute atomic E-state index is 12.9. The molecule has 24 heavy (non-hydrogen) atoms. The van der Waals surface area contributed by atoms with E-state index in [1.54, 1.807) is 30.3 Å². The van der Waals surface area contributed by atoms with Crippen molar-refractivity contribution in [1.29, 1.82) is 0 Å². The molecule has 6 nitrogen and oxygen atoms in total. The normalized spacial score (nSPS) is 10.6. The zero-order valence-electron chi connectivity index (χ0n) is 13.0. The molecule has 0 unspecified atom stereocenters. The molecule has 7 heteroatoms. The fraction of sp³-hybridized carbons (Fsp3) is 0.176. The topological polar surface area (TPSA) is 83.4 Å². The lowest BCUT2D eigenvalue weighted by Gasteiger charge is -2.12. The molecule has 0 radical (unpaired) electrons. The van der Waals surface area contributed by atoms with Crippen LogP contribution in [0.3, 0.4) is 0 Å². The number of nitrogens with zero attached hydrogens (tertiary/aromatic N) is 2. The Morgan fingerprint density at radius 2 is 1.83 bits per heavy atom. The van der Waals surface area contributed by atoms with Gasteiger partial charge in [0.25, 0.3) is 0 Å². The Morgan fingerprint density at radius 1 is 1.04 bits per heavy atom. The molecule has 0 saturated heterocycles. The fourth-order valence-corrected chi connectivity index (χ4v) is 2.12. The molecule has 1 aromatic heterocycles. The van der Waals surface area contributed by atoms with Crippen molar-refractivity contribution in [2.75, 3.05) is 12.3 Å². The lowest BCUT2D eigenvalue weighted by Crippen LogP contribution is -2.00. The molecule has 2 N–H and O–H groups in total. The van der Waals surface area contributed by atoms with E-state index in [4.69, 9.17) is 19.6 Å². The Labute approximate surface area is 138 Å². The van der Waals surface area contributed by atoms with Gasteiger partial charge in [0.2, 0.25) is 5.89 Å². The Bertz CT molecular complexity index is 818. The predicted molar refractivity (Wildman–Crippen MR) is 86.0 cm³/mol. The van der Waals surface area contributed by atoms with E-state index in [0.29, 0.717) is 36.2 Å². The van der Waals surface area contributed by atoms with Crippen LogP contribution in [0.4, 0.5) is 10.4 Å². The number of benzene rings is 2. The number of anilines is 1. The first-order valence-corrected chi connectivity index (χ1v) is 7.39. The molecule has 0 aliphatic carbocycles. The molecule has 0 aliphatic rings. The maximum atomic E-state index is 12.9. The van der Waals surface area contributed by atoms with Crippen molar-refractivity contribution in [2.45, 2.75) is 13.5 Å². The van der Waals surface area contributed by atoms with Crippen molar-refractivity contribution in [2.24, 2.45) is 0 Å². The van der Waals surface area contributed by atoms with Gasteiger partial charge < -0.3 is 19.6 Å². The lowest BCUT2D eigenvalue weighted by molar-refractivity contribution is 0.269. The average molecular weight is 329 g/mol. The lowest BCUT2D eigenvalue weighted by atomic mass is 10.2. The van der Waals surface area contributed by atoms with Gasteiger partial charge in [-0.25, -0.2) is 4.39 Å². The molecule has 0 fully saturated rings. The summed E-state index contributed by atoms with van der Waals surface area (Å²) < 4.78 is 29.5. The number of hydrogen-bond donors (Lipinski definition) is 1. The van der Waals surface area contributed by atoms with Gasteiger partial charge in [0.05, 0.1) is 6.61 Å². The van der Waals surface area contributed by atoms with Crippen molar-refractivity contribution in [3.63, 3.8) is 0 Å². The molecule has 0 amide bonds. The second-order valence-corrected chi connectivity index (χ2v) is 4.96. The van der Waals surface area contributed by atoms with E-state index in [2.05, 4.69) is 10.2 Å². The first kappa shape index (κ1) is 15.8. The molecule has 0 spiro atoms. The molecule has 124 valence electrons. The van der Waals surface area contributed by atoms with Crippen LogP contribution in [0.5, 0.6) is 11.5 Å². The SMILES string of the molecule is CCOc1cc(-c2nnc(N)o2)ccc1OCc1ccc(F)cc1. The largest absolute Gasteiger partial charge is 0.490 e. The highest BCUT2D eigenvalue weighted by atomic mass is 19.1. The number of aromatic nitrogens is 2. The quantitative estimate of drug-likeness (QED) is 0.746. The first-order chi connectivity index (χ1) is 11.7. The summed E-state index contributed by atoms with van der Waals surface area (Å²) in [6.07, 6.45) is 0. The monoisotopic (exact) mass is 329 g/mol. The third kappa shape index (κ3) is 3.62. The summed E-state index contributed by atoms with van der Waals surface area (Å²) in [4.78, 5) is 0. The maximum Gasteiger partial charge on any atom is 0.313 e. The van der Waals surface area contributed by atoms with Crippen LogP contribution in [0.2, 0.25) is 0 Å². The zero-order chi connectivity index (χ0) is 16.9. The van der Waals surface area contributed by atoms with Gasteiger partial charge in [0.1, 0.15) is 12.4 Å². The molecule has 1 heterocycles. The minimum atomic E-state index is -0.281. The summed E-state index contributed by atoms with van der Waals surface area (Å²) in [5, 5.41) is 7.48. The van der Waals surface area contributed by atoms with Crippen LogP contribution in [-0.4, -0.2) is 16.8 Å². The van der Waals surface area contributed by atoms with Crippen LogP contribution in [-0.2, 0) is 6.61 Å². The molecule has 0 aliphatic heterocycles. The summed E-state index contributed by atoms with van der Waals surface area (Å²) in [7, 11) is 0.